The lowest BCUT2D eigenvalue weighted by Gasteiger charge is -2.25. The van der Waals surface area contributed by atoms with E-state index in [9.17, 15) is 14.0 Å². The second-order valence-electron chi connectivity index (χ2n) is 9.48. The molecule has 1 aliphatic heterocycles. The summed E-state index contributed by atoms with van der Waals surface area (Å²) < 4.78 is 31.1. The Kier molecular flexibility index (Phi) is 7.45. The molecule has 3 aromatic carbocycles. The van der Waals surface area contributed by atoms with Crippen LogP contribution in [0.4, 0.5) is 4.39 Å². The highest BCUT2D eigenvalue weighted by Gasteiger charge is 2.42. The third-order valence-electron chi connectivity index (χ3n) is 6.90. The Morgan fingerprint density at radius 3 is 2.37 bits per heavy atom. The van der Waals surface area contributed by atoms with Crippen molar-refractivity contribution in [1.29, 1.82) is 0 Å². The van der Waals surface area contributed by atoms with Crippen molar-refractivity contribution in [2.24, 2.45) is 0 Å². The molecule has 1 amide bonds. The van der Waals surface area contributed by atoms with Crippen molar-refractivity contribution in [1.82, 2.24) is 4.90 Å². The molecule has 0 fully saturated rings. The number of carbonyl (C=O) groups excluding carboxylic acids is 1. The van der Waals surface area contributed by atoms with E-state index in [1.165, 1.54) is 25.0 Å². The first kappa shape index (κ1) is 25.5. The van der Waals surface area contributed by atoms with Gasteiger partial charge < -0.3 is 18.8 Å². The topological polar surface area (TPSA) is 69.0 Å². The molecule has 2 heterocycles. The van der Waals surface area contributed by atoms with Gasteiger partial charge in [0.2, 0.25) is 5.76 Å². The van der Waals surface area contributed by atoms with E-state index in [1.807, 2.05) is 48.5 Å². The number of rotatable bonds is 10. The maximum absolute atomic E-state index is 14.0. The van der Waals surface area contributed by atoms with Gasteiger partial charge in [-0.2, -0.15) is 0 Å². The average molecular weight is 516 g/mol. The number of nitrogens with zero attached hydrogens (tertiary/aromatic N) is 1. The van der Waals surface area contributed by atoms with Crippen LogP contribution >= 0.6 is 0 Å². The van der Waals surface area contributed by atoms with Gasteiger partial charge in [0.05, 0.1) is 30.7 Å². The Labute approximate surface area is 220 Å². The normalized spacial score (nSPS) is 14.7. The van der Waals surface area contributed by atoms with Gasteiger partial charge in [-0.05, 0) is 60.0 Å². The number of hydrogen-bond acceptors (Lipinski definition) is 5. The van der Waals surface area contributed by atoms with Crippen LogP contribution in [-0.2, 0) is 6.54 Å². The largest absolute Gasteiger partial charge is 0.497 e. The number of benzene rings is 3. The molecule has 4 aromatic rings. The summed E-state index contributed by atoms with van der Waals surface area (Å²) in [5.41, 5.74) is 1.60. The van der Waals surface area contributed by atoms with Gasteiger partial charge in [0.15, 0.2) is 5.43 Å². The minimum absolute atomic E-state index is 0.0103. The predicted octanol–water partition coefficient (Wildman–Crippen LogP) is 6.65. The Morgan fingerprint density at radius 2 is 1.66 bits per heavy atom. The number of ether oxygens (including phenoxy) is 2. The zero-order chi connectivity index (χ0) is 26.6. The van der Waals surface area contributed by atoms with Gasteiger partial charge in [-0.3, -0.25) is 9.59 Å². The number of hydrogen-bond donors (Lipinski definition) is 0. The SMILES string of the molecule is CCCCCCOc1ccc(C2c3c(oc4ccc(F)cc4c3=O)C(=O)N2Cc2ccc(OC)cc2)cc1. The second kappa shape index (κ2) is 11.1. The van der Waals surface area contributed by atoms with Crippen LogP contribution in [0.5, 0.6) is 11.5 Å². The van der Waals surface area contributed by atoms with Crippen LogP contribution in [0.2, 0.25) is 0 Å². The van der Waals surface area contributed by atoms with E-state index in [0.717, 1.165) is 35.8 Å². The standard InChI is InChI=1S/C31H30FNO5/c1-3-4-5-6-17-37-24-14-9-21(10-15-24)28-27-29(34)25-18-22(32)11-16-26(25)38-30(27)31(35)33(28)19-20-7-12-23(36-2)13-8-20/h7-16,18,28H,3-6,17,19H2,1-2H3. The summed E-state index contributed by atoms with van der Waals surface area (Å²) >= 11 is 0. The molecule has 0 radical (unpaired) electrons. The molecule has 5 rings (SSSR count). The summed E-state index contributed by atoms with van der Waals surface area (Å²) in [6, 6.07) is 17.9. The minimum Gasteiger partial charge on any atom is -0.497 e. The molecule has 1 aromatic heterocycles. The maximum Gasteiger partial charge on any atom is 0.291 e. The summed E-state index contributed by atoms with van der Waals surface area (Å²) in [7, 11) is 1.59. The predicted molar refractivity (Wildman–Crippen MR) is 143 cm³/mol. The van der Waals surface area contributed by atoms with E-state index in [-0.39, 0.29) is 34.7 Å². The highest BCUT2D eigenvalue weighted by Crippen LogP contribution is 2.39. The molecule has 1 atom stereocenters. The summed E-state index contributed by atoms with van der Waals surface area (Å²) in [5.74, 6) is 0.492. The average Bonchev–Trinajstić information content (AvgIpc) is 3.21. The molecule has 0 saturated heterocycles. The fourth-order valence-corrected chi connectivity index (χ4v) is 4.90. The molecular weight excluding hydrogens is 485 g/mol. The Bertz CT molecular complexity index is 1490. The second-order valence-corrected chi connectivity index (χ2v) is 9.48. The highest BCUT2D eigenvalue weighted by molar-refractivity contribution is 5.99. The fraction of sp³-hybridized carbons (Fsp3) is 0.290. The van der Waals surface area contributed by atoms with Crippen LogP contribution in [0.15, 0.2) is 75.9 Å². The number of unbranched alkanes of at least 4 members (excludes halogenated alkanes) is 3. The number of amides is 1. The van der Waals surface area contributed by atoms with Gasteiger partial charge in [0, 0.05) is 6.54 Å². The molecule has 0 aliphatic carbocycles. The lowest BCUT2D eigenvalue weighted by Crippen LogP contribution is -2.29. The van der Waals surface area contributed by atoms with Gasteiger partial charge in [-0.1, -0.05) is 50.5 Å². The summed E-state index contributed by atoms with van der Waals surface area (Å²) in [4.78, 5) is 28.9. The van der Waals surface area contributed by atoms with Gasteiger partial charge in [-0.15, -0.1) is 0 Å². The van der Waals surface area contributed by atoms with Crippen LogP contribution in [0.3, 0.4) is 0 Å². The van der Waals surface area contributed by atoms with Gasteiger partial charge >= 0.3 is 0 Å². The van der Waals surface area contributed by atoms with Crippen molar-refractivity contribution in [3.63, 3.8) is 0 Å². The van der Waals surface area contributed by atoms with E-state index < -0.39 is 17.3 Å². The summed E-state index contributed by atoms with van der Waals surface area (Å²) in [5, 5.41) is 0.111. The van der Waals surface area contributed by atoms with E-state index >= 15 is 0 Å². The first-order valence-corrected chi connectivity index (χ1v) is 12.9. The van der Waals surface area contributed by atoms with Crippen molar-refractivity contribution in [2.75, 3.05) is 13.7 Å². The Hall–Kier alpha value is -4.13. The smallest absolute Gasteiger partial charge is 0.291 e. The number of carbonyl (C=O) groups is 1. The number of halogens is 1. The van der Waals surface area contributed by atoms with E-state index in [0.29, 0.717) is 12.4 Å². The van der Waals surface area contributed by atoms with Gasteiger partial charge in [0.1, 0.15) is 22.9 Å². The third-order valence-corrected chi connectivity index (χ3v) is 6.90. The Balaban J connectivity index is 1.52. The number of fused-ring (bicyclic) bond motifs is 2. The van der Waals surface area contributed by atoms with Crippen molar-refractivity contribution < 1.29 is 23.1 Å². The molecule has 1 unspecified atom stereocenters. The molecule has 38 heavy (non-hydrogen) atoms. The molecule has 0 spiro atoms. The van der Waals surface area contributed by atoms with Crippen LogP contribution in [-0.4, -0.2) is 24.5 Å². The van der Waals surface area contributed by atoms with E-state index in [1.54, 1.807) is 12.0 Å². The molecule has 1 aliphatic rings. The van der Waals surface area contributed by atoms with Crippen molar-refractivity contribution in [3.8, 4) is 11.5 Å². The van der Waals surface area contributed by atoms with Crippen molar-refractivity contribution in [2.45, 2.75) is 45.2 Å². The van der Waals surface area contributed by atoms with Crippen LogP contribution in [0.1, 0.15) is 65.9 Å². The van der Waals surface area contributed by atoms with E-state index in [2.05, 4.69) is 6.92 Å². The lowest BCUT2D eigenvalue weighted by molar-refractivity contribution is 0.0714. The fourth-order valence-electron chi connectivity index (χ4n) is 4.90. The van der Waals surface area contributed by atoms with Crippen LogP contribution in [0, 0.1) is 5.82 Å². The maximum atomic E-state index is 14.0. The summed E-state index contributed by atoms with van der Waals surface area (Å²) in [6.07, 6.45) is 4.46. The highest BCUT2D eigenvalue weighted by atomic mass is 19.1. The molecule has 0 N–H and O–H groups in total. The first-order valence-electron chi connectivity index (χ1n) is 12.9. The van der Waals surface area contributed by atoms with Crippen molar-refractivity contribution >= 4 is 16.9 Å². The van der Waals surface area contributed by atoms with Crippen LogP contribution in [0.25, 0.3) is 11.0 Å². The van der Waals surface area contributed by atoms with Crippen molar-refractivity contribution in [3.05, 3.63) is 105 Å². The summed E-state index contributed by atoms with van der Waals surface area (Å²) in [6.45, 7) is 3.05. The molecule has 7 heteroatoms. The minimum atomic E-state index is -0.692. The molecule has 0 bridgehead atoms. The quantitative estimate of drug-likeness (QED) is 0.221. The van der Waals surface area contributed by atoms with Gasteiger partial charge in [0.25, 0.3) is 5.91 Å². The monoisotopic (exact) mass is 515 g/mol. The Morgan fingerprint density at radius 1 is 0.921 bits per heavy atom. The van der Waals surface area contributed by atoms with Crippen LogP contribution < -0.4 is 14.9 Å². The number of methoxy groups -OCH3 is 1. The molecule has 0 saturated carbocycles. The first-order chi connectivity index (χ1) is 18.5. The third kappa shape index (κ3) is 5.01. The van der Waals surface area contributed by atoms with Gasteiger partial charge in [-0.25, -0.2) is 4.39 Å². The zero-order valence-electron chi connectivity index (χ0n) is 21.5. The lowest BCUT2D eigenvalue weighted by atomic mass is 9.98. The molecular formula is C31H30FNO5. The van der Waals surface area contributed by atoms with E-state index in [4.69, 9.17) is 13.9 Å². The molecule has 196 valence electrons. The molecule has 6 nitrogen and oxygen atoms in total. The zero-order valence-corrected chi connectivity index (χ0v) is 21.5.